The van der Waals surface area contributed by atoms with E-state index in [2.05, 4.69) is 31.1 Å². The van der Waals surface area contributed by atoms with Gasteiger partial charge in [0.1, 0.15) is 5.75 Å². The lowest BCUT2D eigenvalue weighted by molar-refractivity contribution is 0.0994. The van der Waals surface area contributed by atoms with Crippen molar-refractivity contribution in [2.24, 2.45) is 10.2 Å². The molecule has 0 atom stereocenters. The number of azo groups is 1. The first kappa shape index (κ1) is 15.2. The van der Waals surface area contributed by atoms with Crippen LogP contribution in [-0.4, -0.2) is 21.1 Å². The maximum Gasteiger partial charge on any atom is 0.295 e. The maximum atomic E-state index is 12.0. The molecule has 1 heterocycles. The summed E-state index contributed by atoms with van der Waals surface area (Å²) in [6.45, 7) is 1.91. The predicted octanol–water partition coefficient (Wildman–Crippen LogP) is 4.57. The number of aromatic nitrogens is 1. The van der Waals surface area contributed by atoms with Crippen LogP contribution in [0.3, 0.4) is 0 Å². The van der Waals surface area contributed by atoms with Crippen LogP contribution in [0.4, 0.5) is 5.69 Å². The number of rotatable bonds is 2. The summed E-state index contributed by atoms with van der Waals surface area (Å²) in [6.07, 6.45) is 0. The minimum absolute atomic E-state index is 0.0273. The molecule has 0 bridgehead atoms. The number of aromatic amines is 1. The summed E-state index contributed by atoms with van der Waals surface area (Å²) >= 11 is 3.41. The highest BCUT2D eigenvalue weighted by molar-refractivity contribution is 9.10. The first-order valence-electron chi connectivity index (χ1n) is 6.71. The normalized spacial score (nSPS) is 11.4. The van der Waals surface area contributed by atoms with Gasteiger partial charge in [0.15, 0.2) is 5.69 Å². The molecule has 0 saturated heterocycles. The number of amides is 1. The van der Waals surface area contributed by atoms with Crippen molar-refractivity contribution >= 4 is 38.4 Å². The predicted molar refractivity (Wildman–Crippen MR) is 89.4 cm³/mol. The van der Waals surface area contributed by atoms with Gasteiger partial charge in [-0.05, 0) is 58.7 Å². The van der Waals surface area contributed by atoms with Gasteiger partial charge in [-0.2, -0.15) is 0 Å². The minimum atomic E-state index is -0.610. The van der Waals surface area contributed by atoms with E-state index in [1.807, 2.05) is 19.1 Å². The Bertz CT molecular complexity index is 947. The number of fused-ring (bicyclic) bond motifs is 1. The van der Waals surface area contributed by atoms with Gasteiger partial charge in [-0.15, -0.1) is 10.2 Å². The summed E-state index contributed by atoms with van der Waals surface area (Å²) in [5.41, 5.74) is 2.05. The molecule has 116 valence electrons. The van der Waals surface area contributed by atoms with Crippen molar-refractivity contribution in [2.45, 2.75) is 6.92 Å². The quantitative estimate of drug-likeness (QED) is 0.573. The van der Waals surface area contributed by atoms with E-state index in [4.69, 9.17) is 0 Å². The van der Waals surface area contributed by atoms with E-state index in [0.717, 1.165) is 10.0 Å². The van der Waals surface area contributed by atoms with Crippen LogP contribution in [0.5, 0.6) is 11.6 Å². The second kappa shape index (κ2) is 5.85. The van der Waals surface area contributed by atoms with Gasteiger partial charge in [0, 0.05) is 15.4 Å². The number of benzene rings is 2. The minimum Gasteiger partial charge on any atom is -0.508 e. The average molecular weight is 374 g/mol. The zero-order valence-electron chi connectivity index (χ0n) is 12.0. The molecule has 0 aliphatic heterocycles. The number of phenolic OH excluding ortho intramolecular Hbond substituents is 1. The van der Waals surface area contributed by atoms with Gasteiger partial charge < -0.3 is 15.2 Å². The summed E-state index contributed by atoms with van der Waals surface area (Å²) in [5, 5.41) is 27.5. The topological polar surface area (TPSA) is 98.0 Å². The Morgan fingerprint density at radius 1 is 1.22 bits per heavy atom. The summed E-state index contributed by atoms with van der Waals surface area (Å²) < 4.78 is 0.781. The van der Waals surface area contributed by atoms with Crippen molar-refractivity contribution in [3.63, 3.8) is 0 Å². The lowest BCUT2D eigenvalue weighted by Crippen LogP contribution is -1.92. The molecule has 0 spiro atoms. The van der Waals surface area contributed by atoms with Gasteiger partial charge in [-0.1, -0.05) is 6.07 Å². The van der Waals surface area contributed by atoms with Crippen LogP contribution in [0.2, 0.25) is 0 Å². The number of aryl methyl sites for hydroxylation is 1. The zero-order chi connectivity index (χ0) is 16.6. The second-order valence-electron chi connectivity index (χ2n) is 5.05. The maximum absolute atomic E-state index is 12.0. The molecule has 0 unspecified atom stereocenters. The first-order chi connectivity index (χ1) is 11.0. The molecule has 7 heteroatoms. The third-order valence-electron chi connectivity index (χ3n) is 3.29. The molecule has 2 aromatic carbocycles. The molecule has 0 fully saturated rings. The molecule has 0 aliphatic carbocycles. The number of phenols is 1. The highest BCUT2D eigenvalue weighted by Crippen LogP contribution is 2.39. The molecule has 3 N–H and O–H groups in total. The Labute approximate surface area is 139 Å². The molecule has 6 nitrogen and oxygen atoms in total. The summed E-state index contributed by atoms with van der Waals surface area (Å²) in [5.74, 6) is -0.805. The van der Waals surface area contributed by atoms with Gasteiger partial charge in [-0.25, -0.2) is 0 Å². The van der Waals surface area contributed by atoms with Gasteiger partial charge in [0.25, 0.3) is 5.91 Å². The molecule has 0 saturated carbocycles. The Morgan fingerprint density at radius 3 is 2.74 bits per heavy atom. The lowest BCUT2D eigenvalue weighted by Gasteiger charge is -1.98. The molecular weight excluding hydrogens is 362 g/mol. The number of carbonyl (C=O) groups excluding carboxylic acids is 1. The van der Waals surface area contributed by atoms with Gasteiger partial charge in [-0.3, -0.25) is 4.79 Å². The third-order valence-corrected chi connectivity index (χ3v) is 3.92. The standard InChI is InChI=1S/C16H12BrN3O3/c1-8-5-11-13(12(17)6-8)18-16(23)14(11)19-20-15(22)9-3-2-4-10(21)7-9/h2-7,18,21,23H,1H3. The fraction of sp³-hybridized carbons (Fsp3) is 0.0625. The van der Waals surface area contributed by atoms with Crippen molar-refractivity contribution in [3.05, 3.63) is 52.0 Å². The van der Waals surface area contributed by atoms with E-state index in [1.54, 1.807) is 6.07 Å². The van der Waals surface area contributed by atoms with Crippen LogP contribution in [0.15, 0.2) is 51.1 Å². The highest BCUT2D eigenvalue weighted by atomic mass is 79.9. The SMILES string of the molecule is Cc1cc(Br)c2[nH]c(O)c(N=NC(=O)c3cccc(O)c3)c2c1. The van der Waals surface area contributed by atoms with E-state index >= 15 is 0 Å². The number of aromatic hydroxyl groups is 2. The van der Waals surface area contributed by atoms with Crippen LogP contribution in [-0.2, 0) is 0 Å². The number of nitrogens with zero attached hydrogens (tertiary/aromatic N) is 2. The third kappa shape index (κ3) is 2.95. The molecule has 0 radical (unpaired) electrons. The van der Waals surface area contributed by atoms with Gasteiger partial charge in [0.05, 0.1) is 5.52 Å². The monoisotopic (exact) mass is 373 g/mol. The van der Waals surface area contributed by atoms with E-state index in [-0.39, 0.29) is 22.9 Å². The van der Waals surface area contributed by atoms with Crippen molar-refractivity contribution in [2.75, 3.05) is 0 Å². The lowest BCUT2D eigenvalue weighted by atomic mass is 10.1. The number of H-pyrrole nitrogens is 1. The molecule has 1 amide bonds. The van der Waals surface area contributed by atoms with Crippen LogP contribution in [0.25, 0.3) is 10.9 Å². The highest BCUT2D eigenvalue weighted by Gasteiger charge is 2.14. The smallest absolute Gasteiger partial charge is 0.295 e. The van der Waals surface area contributed by atoms with E-state index in [1.165, 1.54) is 18.2 Å². The number of hydrogen-bond acceptors (Lipinski definition) is 4. The molecular formula is C16H12BrN3O3. The van der Waals surface area contributed by atoms with E-state index in [9.17, 15) is 15.0 Å². The second-order valence-corrected chi connectivity index (χ2v) is 5.90. The van der Waals surface area contributed by atoms with Crippen LogP contribution >= 0.6 is 15.9 Å². The largest absolute Gasteiger partial charge is 0.508 e. The average Bonchev–Trinajstić information content (AvgIpc) is 2.81. The van der Waals surface area contributed by atoms with Crippen molar-refractivity contribution in [1.82, 2.24) is 4.98 Å². The molecule has 23 heavy (non-hydrogen) atoms. The Balaban J connectivity index is 2.01. The zero-order valence-corrected chi connectivity index (χ0v) is 13.6. The first-order valence-corrected chi connectivity index (χ1v) is 7.51. The molecule has 3 rings (SSSR count). The number of hydrogen-bond donors (Lipinski definition) is 3. The molecule has 0 aliphatic rings. The van der Waals surface area contributed by atoms with Gasteiger partial charge >= 0.3 is 0 Å². The van der Waals surface area contributed by atoms with Crippen LogP contribution < -0.4 is 0 Å². The fourth-order valence-corrected chi connectivity index (χ4v) is 2.93. The Hall–Kier alpha value is -2.67. The number of carbonyl (C=O) groups is 1. The van der Waals surface area contributed by atoms with Gasteiger partial charge in [0.2, 0.25) is 5.88 Å². The fourth-order valence-electron chi connectivity index (χ4n) is 2.25. The summed E-state index contributed by atoms with van der Waals surface area (Å²) in [6, 6.07) is 9.57. The van der Waals surface area contributed by atoms with Crippen molar-refractivity contribution in [3.8, 4) is 11.6 Å². The Morgan fingerprint density at radius 2 is 2.00 bits per heavy atom. The van der Waals surface area contributed by atoms with E-state index < -0.39 is 5.91 Å². The molecule has 3 aromatic rings. The van der Waals surface area contributed by atoms with E-state index in [0.29, 0.717) is 10.9 Å². The number of halogens is 1. The van der Waals surface area contributed by atoms with Crippen molar-refractivity contribution < 1.29 is 15.0 Å². The van der Waals surface area contributed by atoms with Crippen LogP contribution in [0.1, 0.15) is 15.9 Å². The number of nitrogens with one attached hydrogen (secondary N) is 1. The summed E-state index contributed by atoms with van der Waals surface area (Å²) in [4.78, 5) is 14.8. The van der Waals surface area contributed by atoms with Crippen molar-refractivity contribution in [1.29, 1.82) is 0 Å². The Kier molecular flexibility index (Phi) is 3.87. The summed E-state index contributed by atoms with van der Waals surface area (Å²) in [7, 11) is 0. The molecule has 1 aromatic heterocycles. The van der Waals surface area contributed by atoms with Crippen LogP contribution in [0, 0.1) is 6.92 Å².